The molecule has 0 aliphatic heterocycles. The quantitative estimate of drug-likeness (QED) is 0.752. The van der Waals surface area contributed by atoms with Gasteiger partial charge in [-0.05, 0) is 47.0 Å². The van der Waals surface area contributed by atoms with Crippen LogP contribution in [0.1, 0.15) is 53.4 Å². The molecule has 0 aromatic carbocycles. The van der Waals surface area contributed by atoms with Crippen LogP contribution in [0, 0.1) is 0 Å². The van der Waals surface area contributed by atoms with Gasteiger partial charge in [0, 0.05) is 12.0 Å². The summed E-state index contributed by atoms with van der Waals surface area (Å²) in [6.07, 6.45) is 0.820. The maximum Gasteiger partial charge on any atom is 0.408 e. The Morgan fingerprint density at radius 3 is 2.35 bits per heavy atom. The summed E-state index contributed by atoms with van der Waals surface area (Å²) in [5, 5.41) is 12.6. The summed E-state index contributed by atoms with van der Waals surface area (Å²) in [5.74, 6) is -0.648. The molecule has 0 aromatic heterocycles. The van der Waals surface area contributed by atoms with Crippen LogP contribution in [-0.2, 0) is 14.3 Å². The van der Waals surface area contributed by atoms with E-state index in [4.69, 9.17) is 9.47 Å². The minimum absolute atomic E-state index is 0.158. The number of amides is 1. The van der Waals surface area contributed by atoms with Crippen molar-refractivity contribution in [2.75, 3.05) is 6.61 Å². The Hall–Kier alpha value is -1.30. The molecule has 1 amide bonds. The highest BCUT2D eigenvalue weighted by atomic mass is 16.6. The van der Waals surface area contributed by atoms with Crippen LogP contribution in [0.5, 0.6) is 0 Å². The smallest absolute Gasteiger partial charge is 0.408 e. The standard InChI is InChI=1S/C14H25NO5/c1-5-19-11(17)10(16)9-14(7-6-8-14)15-12(18)20-13(2,3)4/h10,16H,5-9H2,1-4H3,(H,15,18). The van der Waals surface area contributed by atoms with Gasteiger partial charge in [0.05, 0.1) is 6.61 Å². The number of esters is 1. The monoisotopic (exact) mass is 287 g/mol. The Kier molecular flexibility index (Phi) is 5.39. The van der Waals surface area contributed by atoms with Gasteiger partial charge in [0.1, 0.15) is 5.60 Å². The number of hydrogen-bond donors (Lipinski definition) is 2. The largest absolute Gasteiger partial charge is 0.464 e. The van der Waals surface area contributed by atoms with Crippen molar-refractivity contribution in [3.8, 4) is 0 Å². The molecule has 0 radical (unpaired) electrons. The van der Waals surface area contributed by atoms with Crippen molar-refractivity contribution in [2.24, 2.45) is 0 Å². The van der Waals surface area contributed by atoms with Gasteiger partial charge >= 0.3 is 12.1 Å². The van der Waals surface area contributed by atoms with E-state index in [1.807, 2.05) is 0 Å². The molecular formula is C14H25NO5. The summed E-state index contributed by atoms with van der Waals surface area (Å²) in [6.45, 7) is 7.26. The molecule has 0 heterocycles. The average molecular weight is 287 g/mol. The first-order valence-corrected chi connectivity index (χ1v) is 7.03. The zero-order valence-corrected chi connectivity index (χ0v) is 12.7. The molecule has 1 atom stereocenters. The van der Waals surface area contributed by atoms with Crippen LogP contribution in [0.25, 0.3) is 0 Å². The molecule has 1 unspecified atom stereocenters. The van der Waals surface area contributed by atoms with Crippen LogP contribution in [0.4, 0.5) is 4.79 Å². The number of ether oxygens (including phenoxy) is 2. The fraction of sp³-hybridized carbons (Fsp3) is 0.857. The van der Waals surface area contributed by atoms with E-state index in [-0.39, 0.29) is 13.0 Å². The van der Waals surface area contributed by atoms with Gasteiger partial charge in [-0.2, -0.15) is 0 Å². The number of hydrogen-bond acceptors (Lipinski definition) is 5. The van der Waals surface area contributed by atoms with Gasteiger partial charge in [-0.1, -0.05) is 0 Å². The lowest BCUT2D eigenvalue weighted by molar-refractivity contribution is -0.154. The minimum atomic E-state index is -1.22. The first-order valence-electron chi connectivity index (χ1n) is 7.03. The van der Waals surface area contributed by atoms with Gasteiger partial charge in [-0.15, -0.1) is 0 Å². The summed E-state index contributed by atoms with van der Waals surface area (Å²) in [5.41, 5.74) is -1.14. The van der Waals surface area contributed by atoms with E-state index in [2.05, 4.69) is 5.32 Å². The second kappa shape index (κ2) is 6.43. The minimum Gasteiger partial charge on any atom is -0.464 e. The maximum absolute atomic E-state index is 11.8. The van der Waals surface area contributed by atoms with Crippen LogP contribution >= 0.6 is 0 Å². The van der Waals surface area contributed by atoms with Crippen LogP contribution in [0.3, 0.4) is 0 Å². The van der Waals surface area contributed by atoms with E-state index in [9.17, 15) is 14.7 Å². The van der Waals surface area contributed by atoms with Crippen molar-refractivity contribution < 1.29 is 24.2 Å². The molecule has 0 bridgehead atoms. The first-order chi connectivity index (χ1) is 9.17. The number of rotatable bonds is 5. The molecule has 1 rings (SSSR count). The van der Waals surface area contributed by atoms with Crippen molar-refractivity contribution >= 4 is 12.1 Å². The molecular weight excluding hydrogens is 262 g/mol. The second-order valence-electron chi connectivity index (χ2n) is 6.23. The average Bonchev–Trinajstić information content (AvgIpc) is 2.23. The highest BCUT2D eigenvalue weighted by Gasteiger charge is 2.42. The Labute approximate surface area is 119 Å². The highest BCUT2D eigenvalue weighted by molar-refractivity contribution is 5.75. The van der Waals surface area contributed by atoms with Crippen LogP contribution in [0.15, 0.2) is 0 Å². The van der Waals surface area contributed by atoms with Gasteiger partial charge in [0.2, 0.25) is 0 Å². The summed E-state index contributed by atoms with van der Waals surface area (Å²) in [6, 6.07) is 0. The third-order valence-corrected chi connectivity index (χ3v) is 3.22. The van der Waals surface area contributed by atoms with Gasteiger partial charge in [0.25, 0.3) is 0 Å². The first kappa shape index (κ1) is 16.8. The molecule has 1 fully saturated rings. The Balaban J connectivity index is 2.55. The lowest BCUT2D eigenvalue weighted by Gasteiger charge is -2.43. The lowest BCUT2D eigenvalue weighted by Crippen LogP contribution is -2.56. The number of aliphatic hydroxyl groups excluding tert-OH is 1. The molecule has 0 aromatic rings. The van der Waals surface area contributed by atoms with Crippen molar-refractivity contribution in [3.05, 3.63) is 0 Å². The van der Waals surface area contributed by atoms with Crippen LogP contribution in [0.2, 0.25) is 0 Å². The van der Waals surface area contributed by atoms with Crippen LogP contribution < -0.4 is 5.32 Å². The molecule has 0 spiro atoms. The number of aliphatic hydroxyl groups is 1. The molecule has 1 aliphatic carbocycles. The van der Waals surface area contributed by atoms with Gasteiger partial charge in [-0.3, -0.25) is 0 Å². The Morgan fingerprint density at radius 1 is 1.35 bits per heavy atom. The van der Waals surface area contributed by atoms with Crippen molar-refractivity contribution in [2.45, 2.75) is 70.6 Å². The number of carbonyl (C=O) groups excluding carboxylic acids is 2. The van der Waals surface area contributed by atoms with Crippen molar-refractivity contribution in [1.29, 1.82) is 0 Å². The predicted octanol–water partition coefficient (Wildman–Crippen LogP) is 1.75. The van der Waals surface area contributed by atoms with E-state index in [0.29, 0.717) is 0 Å². The van der Waals surface area contributed by atoms with Crippen molar-refractivity contribution in [1.82, 2.24) is 5.32 Å². The molecule has 6 heteroatoms. The molecule has 6 nitrogen and oxygen atoms in total. The summed E-state index contributed by atoms with van der Waals surface area (Å²) in [7, 11) is 0. The fourth-order valence-electron chi connectivity index (χ4n) is 2.20. The number of alkyl carbamates (subject to hydrolysis) is 1. The van der Waals surface area contributed by atoms with Gasteiger partial charge in [-0.25, -0.2) is 9.59 Å². The molecule has 20 heavy (non-hydrogen) atoms. The second-order valence-corrected chi connectivity index (χ2v) is 6.23. The van der Waals surface area contributed by atoms with Crippen molar-refractivity contribution in [3.63, 3.8) is 0 Å². The molecule has 116 valence electrons. The van der Waals surface area contributed by atoms with E-state index in [1.165, 1.54) is 0 Å². The van der Waals surface area contributed by atoms with Gasteiger partial charge < -0.3 is 19.9 Å². The lowest BCUT2D eigenvalue weighted by atomic mass is 9.73. The number of carbonyl (C=O) groups is 2. The molecule has 1 saturated carbocycles. The van der Waals surface area contributed by atoms with Crippen LogP contribution in [-0.4, -0.2) is 41.0 Å². The topological polar surface area (TPSA) is 84.9 Å². The fourth-order valence-corrected chi connectivity index (χ4v) is 2.20. The summed E-state index contributed by atoms with van der Waals surface area (Å²) in [4.78, 5) is 23.3. The van der Waals surface area contributed by atoms with E-state index >= 15 is 0 Å². The SMILES string of the molecule is CCOC(=O)C(O)CC1(NC(=O)OC(C)(C)C)CCC1. The zero-order valence-electron chi connectivity index (χ0n) is 12.7. The zero-order chi connectivity index (χ0) is 15.4. The Morgan fingerprint density at radius 2 is 1.95 bits per heavy atom. The highest BCUT2D eigenvalue weighted by Crippen LogP contribution is 2.36. The molecule has 2 N–H and O–H groups in total. The summed E-state index contributed by atoms with van der Waals surface area (Å²) >= 11 is 0. The van der Waals surface area contributed by atoms with E-state index in [0.717, 1.165) is 19.3 Å². The number of nitrogens with one attached hydrogen (secondary N) is 1. The normalized spacial score (nSPS) is 18.6. The van der Waals surface area contributed by atoms with Gasteiger partial charge in [0.15, 0.2) is 6.10 Å². The van der Waals surface area contributed by atoms with E-state index in [1.54, 1.807) is 27.7 Å². The molecule has 0 saturated heterocycles. The third kappa shape index (κ3) is 5.00. The third-order valence-electron chi connectivity index (χ3n) is 3.22. The maximum atomic E-state index is 11.8. The van der Waals surface area contributed by atoms with E-state index < -0.39 is 29.3 Å². The summed E-state index contributed by atoms with van der Waals surface area (Å²) < 4.78 is 9.98. The Bertz CT molecular complexity index is 357. The predicted molar refractivity (Wildman–Crippen MR) is 73.2 cm³/mol. The molecule has 1 aliphatic rings.